The van der Waals surface area contributed by atoms with Crippen LogP contribution >= 0.6 is 27.7 Å². The van der Waals surface area contributed by atoms with Crippen molar-refractivity contribution in [2.24, 2.45) is 0 Å². The minimum atomic E-state index is 0.356. The lowest BCUT2D eigenvalue weighted by molar-refractivity contribution is 0.564. The number of aromatic nitrogens is 1. The fraction of sp³-hybridized carbons (Fsp3) is 0.312. The lowest BCUT2D eigenvalue weighted by Gasteiger charge is -2.17. The molecule has 0 saturated heterocycles. The lowest BCUT2D eigenvalue weighted by atomic mass is 10.1. The molecule has 0 aliphatic heterocycles. The smallest absolute Gasteiger partial charge is 0.101 e. The molecule has 2 rings (SSSR count). The predicted octanol–water partition coefficient (Wildman–Crippen LogP) is 5.06. The van der Waals surface area contributed by atoms with Gasteiger partial charge in [-0.2, -0.15) is 0 Å². The first-order valence-electron chi connectivity index (χ1n) is 6.82. The summed E-state index contributed by atoms with van der Waals surface area (Å²) in [6.45, 7) is 5.44. The van der Waals surface area contributed by atoms with Gasteiger partial charge in [0.1, 0.15) is 5.03 Å². The molecule has 106 valence electrons. The van der Waals surface area contributed by atoms with E-state index in [-0.39, 0.29) is 0 Å². The summed E-state index contributed by atoms with van der Waals surface area (Å²) < 4.78 is 1.01. The molecule has 0 bridgehead atoms. The average Bonchev–Trinajstić information content (AvgIpc) is 2.48. The van der Waals surface area contributed by atoms with Gasteiger partial charge in [-0.05, 0) is 59.6 Å². The molecular weight excluding hydrogens is 332 g/mol. The minimum Gasteiger partial charge on any atom is -0.310 e. The molecule has 2 aromatic rings. The van der Waals surface area contributed by atoms with Crippen LogP contribution in [-0.4, -0.2) is 11.5 Å². The molecule has 1 heterocycles. The van der Waals surface area contributed by atoms with Crippen LogP contribution in [0.3, 0.4) is 0 Å². The number of nitrogens with one attached hydrogen (secondary N) is 1. The second-order valence-electron chi connectivity index (χ2n) is 4.63. The van der Waals surface area contributed by atoms with Gasteiger partial charge >= 0.3 is 0 Å². The molecule has 4 heteroatoms. The summed E-state index contributed by atoms with van der Waals surface area (Å²) >= 11 is 5.13. The van der Waals surface area contributed by atoms with Crippen LogP contribution in [0.2, 0.25) is 0 Å². The second-order valence-corrected chi connectivity index (χ2v) is 6.61. The largest absolute Gasteiger partial charge is 0.310 e. The number of benzene rings is 1. The van der Waals surface area contributed by atoms with E-state index in [0.717, 1.165) is 22.5 Å². The normalized spacial score (nSPS) is 12.3. The third-order valence-corrected chi connectivity index (χ3v) is 4.51. The fourth-order valence-corrected chi connectivity index (χ4v) is 3.15. The van der Waals surface area contributed by atoms with E-state index in [4.69, 9.17) is 0 Å². The Balaban J connectivity index is 2.17. The summed E-state index contributed by atoms with van der Waals surface area (Å²) in [5, 5.41) is 4.56. The van der Waals surface area contributed by atoms with Crippen LogP contribution in [0.4, 0.5) is 0 Å². The van der Waals surface area contributed by atoms with E-state index < -0.39 is 0 Å². The van der Waals surface area contributed by atoms with E-state index in [2.05, 4.69) is 64.3 Å². The number of halogens is 1. The molecule has 0 amide bonds. The summed E-state index contributed by atoms with van der Waals surface area (Å²) in [7, 11) is 0. The van der Waals surface area contributed by atoms with E-state index in [1.807, 2.05) is 18.3 Å². The highest BCUT2D eigenvalue weighted by Crippen LogP contribution is 2.32. The van der Waals surface area contributed by atoms with Crippen molar-refractivity contribution in [3.63, 3.8) is 0 Å². The SMILES string of the molecule is CCCNC(C)c1ccccc1Sc1ccc(Br)cn1. The highest BCUT2D eigenvalue weighted by molar-refractivity contribution is 9.10. The van der Waals surface area contributed by atoms with Crippen molar-refractivity contribution in [1.29, 1.82) is 0 Å². The molecule has 0 spiro atoms. The van der Waals surface area contributed by atoms with Gasteiger partial charge in [0, 0.05) is 21.6 Å². The van der Waals surface area contributed by atoms with Crippen LogP contribution in [0.25, 0.3) is 0 Å². The molecule has 1 unspecified atom stereocenters. The summed E-state index contributed by atoms with van der Waals surface area (Å²) in [4.78, 5) is 5.69. The van der Waals surface area contributed by atoms with Crippen molar-refractivity contribution in [1.82, 2.24) is 10.3 Å². The zero-order valence-corrected chi connectivity index (χ0v) is 14.2. The van der Waals surface area contributed by atoms with Gasteiger partial charge in [-0.3, -0.25) is 0 Å². The second kappa shape index (κ2) is 7.81. The van der Waals surface area contributed by atoms with Gasteiger partial charge in [-0.15, -0.1) is 0 Å². The maximum Gasteiger partial charge on any atom is 0.101 e. The van der Waals surface area contributed by atoms with E-state index in [1.165, 1.54) is 10.5 Å². The molecule has 0 saturated carbocycles. The van der Waals surface area contributed by atoms with Gasteiger partial charge in [-0.25, -0.2) is 4.98 Å². The molecular formula is C16H19BrN2S. The summed E-state index contributed by atoms with van der Waals surface area (Å²) in [5.41, 5.74) is 1.33. The maximum absolute atomic E-state index is 4.43. The number of pyridine rings is 1. The van der Waals surface area contributed by atoms with Gasteiger partial charge in [-0.1, -0.05) is 36.9 Å². The first kappa shape index (κ1) is 15.5. The van der Waals surface area contributed by atoms with Crippen LogP contribution < -0.4 is 5.32 Å². The topological polar surface area (TPSA) is 24.9 Å². The van der Waals surface area contributed by atoms with Crippen LogP contribution in [0.5, 0.6) is 0 Å². The Morgan fingerprint density at radius 1 is 1.25 bits per heavy atom. The number of hydrogen-bond donors (Lipinski definition) is 1. The third kappa shape index (κ3) is 4.33. The Bertz CT molecular complexity index is 542. The monoisotopic (exact) mass is 350 g/mol. The highest BCUT2D eigenvalue weighted by atomic mass is 79.9. The van der Waals surface area contributed by atoms with Crippen molar-refractivity contribution in [2.45, 2.75) is 36.2 Å². The zero-order chi connectivity index (χ0) is 14.4. The van der Waals surface area contributed by atoms with Crippen LogP contribution in [0.15, 0.2) is 57.0 Å². The quantitative estimate of drug-likeness (QED) is 0.788. The standard InChI is InChI=1S/C16H19BrN2S/c1-3-10-18-12(2)14-6-4-5-7-15(14)20-16-9-8-13(17)11-19-16/h4-9,11-12,18H,3,10H2,1-2H3. The molecule has 1 aromatic heterocycles. The van der Waals surface area contributed by atoms with Gasteiger partial charge in [0.2, 0.25) is 0 Å². The first-order valence-corrected chi connectivity index (χ1v) is 8.43. The minimum absolute atomic E-state index is 0.356. The summed E-state index contributed by atoms with van der Waals surface area (Å²) in [5.74, 6) is 0. The zero-order valence-electron chi connectivity index (χ0n) is 11.8. The van der Waals surface area contributed by atoms with Gasteiger partial charge in [0.15, 0.2) is 0 Å². The van der Waals surface area contributed by atoms with Gasteiger partial charge < -0.3 is 5.32 Å². The molecule has 0 radical (unpaired) electrons. The lowest BCUT2D eigenvalue weighted by Crippen LogP contribution is -2.19. The molecule has 0 aliphatic carbocycles. The van der Waals surface area contributed by atoms with Crippen molar-refractivity contribution in [3.05, 3.63) is 52.6 Å². The molecule has 0 aliphatic rings. The predicted molar refractivity (Wildman–Crippen MR) is 89.2 cm³/mol. The van der Waals surface area contributed by atoms with Crippen molar-refractivity contribution in [2.75, 3.05) is 6.54 Å². The van der Waals surface area contributed by atoms with E-state index >= 15 is 0 Å². The molecule has 2 nitrogen and oxygen atoms in total. The molecule has 0 fully saturated rings. The van der Waals surface area contributed by atoms with Crippen LogP contribution in [0, 0.1) is 0 Å². The Kier molecular flexibility index (Phi) is 6.07. The third-order valence-electron chi connectivity index (χ3n) is 3.00. The number of nitrogens with zero attached hydrogens (tertiary/aromatic N) is 1. The molecule has 1 N–H and O–H groups in total. The maximum atomic E-state index is 4.43. The molecule has 20 heavy (non-hydrogen) atoms. The van der Waals surface area contributed by atoms with Crippen LogP contribution in [-0.2, 0) is 0 Å². The summed E-state index contributed by atoms with van der Waals surface area (Å²) in [6.07, 6.45) is 2.98. The van der Waals surface area contributed by atoms with E-state index in [0.29, 0.717) is 6.04 Å². The first-order chi connectivity index (χ1) is 9.70. The van der Waals surface area contributed by atoms with Crippen molar-refractivity contribution < 1.29 is 0 Å². The van der Waals surface area contributed by atoms with Crippen LogP contribution in [0.1, 0.15) is 31.9 Å². The molecule has 1 atom stereocenters. The Labute approximate surface area is 133 Å². The Morgan fingerprint density at radius 2 is 2.05 bits per heavy atom. The average molecular weight is 351 g/mol. The number of rotatable bonds is 6. The van der Waals surface area contributed by atoms with Crippen molar-refractivity contribution in [3.8, 4) is 0 Å². The van der Waals surface area contributed by atoms with Gasteiger partial charge in [0.25, 0.3) is 0 Å². The fourth-order valence-electron chi connectivity index (χ4n) is 1.94. The van der Waals surface area contributed by atoms with E-state index in [9.17, 15) is 0 Å². The summed E-state index contributed by atoms with van der Waals surface area (Å²) in [6, 6.07) is 12.9. The number of hydrogen-bond acceptors (Lipinski definition) is 3. The van der Waals surface area contributed by atoms with E-state index in [1.54, 1.807) is 11.8 Å². The highest BCUT2D eigenvalue weighted by Gasteiger charge is 2.10. The Morgan fingerprint density at radius 3 is 2.75 bits per heavy atom. The van der Waals surface area contributed by atoms with Crippen molar-refractivity contribution >= 4 is 27.7 Å². The Hall–Kier alpha value is -0.840. The molecule has 1 aromatic carbocycles. The van der Waals surface area contributed by atoms with Gasteiger partial charge in [0.05, 0.1) is 0 Å².